The highest BCUT2D eigenvalue weighted by molar-refractivity contribution is 7.99. The van der Waals surface area contributed by atoms with Gasteiger partial charge in [0.2, 0.25) is 5.78 Å². The Kier molecular flexibility index (Phi) is 4.92. The van der Waals surface area contributed by atoms with E-state index in [9.17, 15) is 9.59 Å². The number of hydrogen-bond acceptors (Lipinski definition) is 6. The van der Waals surface area contributed by atoms with Gasteiger partial charge in [-0.1, -0.05) is 59.8 Å². The molecule has 0 radical (unpaired) electrons. The van der Waals surface area contributed by atoms with Gasteiger partial charge < -0.3 is 0 Å². The van der Waals surface area contributed by atoms with Crippen molar-refractivity contribution in [2.45, 2.75) is 31.3 Å². The smallest absolute Gasteiger partial charge is 0.268 e. The Hall–Kier alpha value is -3.23. The van der Waals surface area contributed by atoms with Crippen LogP contribution in [0.25, 0.3) is 21.7 Å². The molecule has 164 valence electrons. The van der Waals surface area contributed by atoms with Crippen LogP contribution < -0.4 is 5.56 Å². The molecule has 0 bridgehead atoms. The number of ketones is 1. The van der Waals surface area contributed by atoms with Gasteiger partial charge in [0.15, 0.2) is 10.9 Å². The fraction of sp³-hybridized carbons (Fsp3) is 0.200. The second-order valence-corrected chi connectivity index (χ2v) is 10.2. The Labute approximate surface area is 197 Å². The molecular weight excluding hydrogens is 452 g/mol. The van der Waals surface area contributed by atoms with Crippen molar-refractivity contribution >= 4 is 44.9 Å². The zero-order chi connectivity index (χ0) is 22.5. The molecule has 0 fully saturated rings. The number of aryl methyl sites for hydroxylation is 3. The number of carbonyl (C=O) groups excluding carboxylic acids is 1. The van der Waals surface area contributed by atoms with Crippen LogP contribution in [0.5, 0.6) is 0 Å². The van der Waals surface area contributed by atoms with Crippen molar-refractivity contribution in [2.75, 3.05) is 5.75 Å². The second kappa shape index (κ2) is 7.97. The zero-order valence-electron chi connectivity index (χ0n) is 17.9. The third-order valence-electron chi connectivity index (χ3n) is 6.06. The average Bonchev–Trinajstić information content (AvgIpc) is 3.53. The maximum Gasteiger partial charge on any atom is 0.268 e. The van der Waals surface area contributed by atoms with E-state index >= 15 is 0 Å². The van der Waals surface area contributed by atoms with Crippen molar-refractivity contribution in [3.63, 3.8) is 0 Å². The van der Waals surface area contributed by atoms with Gasteiger partial charge in [0, 0.05) is 10.4 Å². The van der Waals surface area contributed by atoms with Crippen LogP contribution in [0.3, 0.4) is 0 Å². The minimum Gasteiger partial charge on any atom is -0.293 e. The zero-order valence-corrected chi connectivity index (χ0v) is 19.6. The first-order chi connectivity index (χ1) is 16.1. The number of fused-ring (bicyclic) bond motifs is 5. The van der Waals surface area contributed by atoms with Gasteiger partial charge in [0.05, 0.1) is 16.8 Å². The van der Waals surface area contributed by atoms with Gasteiger partial charge in [0.25, 0.3) is 5.56 Å². The third-order valence-corrected chi connectivity index (χ3v) is 8.27. The van der Waals surface area contributed by atoms with Crippen LogP contribution in [0, 0.1) is 6.92 Å². The van der Waals surface area contributed by atoms with E-state index in [2.05, 4.69) is 10.2 Å². The lowest BCUT2D eigenvalue weighted by molar-refractivity contribution is 0.102. The molecule has 0 atom stereocenters. The molecule has 0 unspecified atom stereocenters. The van der Waals surface area contributed by atoms with E-state index in [0.29, 0.717) is 16.5 Å². The molecule has 0 spiro atoms. The molecule has 0 aliphatic heterocycles. The molecule has 0 saturated carbocycles. The molecule has 6 rings (SSSR count). The molecule has 0 N–H and O–H groups in total. The number of carbonyl (C=O) groups is 1. The van der Waals surface area contributed by atoms with Gasteiger partial charge in [-0.3, -0.25) is 9.59 Å². The summed E-state index contributed by atoms with van der Waals surface area (Å²) in [5, 5.41) is 10.2. The summed E-state index contributed by atoms with van der Waals surface area (Å²) in [4.78, 5) is 28.6. The molecule has 0 saturated heterocycles. The number of hydrogen-bond donors (Lipinski definition) is 0. The summed E-state index contributed by atoms with van der Waals surface area (Å²) < 4.78 is 3.62. The first kappa shape index (κ1) is 20.4. The van der Waals surface area contributed by atoms with Crippen molar-refractivity contribution in [3.8, 4) is 5.69 Å². The lowest BCUT2D eigenvalue weighted by Gasteiger charge is -2.10. The van der Waals surface area contributed by atoms with Crippen LogP contribution in [-0.4, -0.2) is 30.7 Å². The van der Waals surface area contributed by atoms with E-state index in [1.165, 1.54) is 16.6 Å². The van der Waals surface area contributed by atoms with Crippen LogP contribution in [0.2, 0.25) is 0 Å². The number of rotatable bonds is 5. The van der Waals surface area contributed by atoms with E-state index in [4.69, 9.17) is 0 Å². The van der Waals surface area contributed by atoms with Crippen molar-refractivity contribution in [1.82, 2.24) is 19.2 Å². The fourth-order valence-electron chi connectivity index (χ4n) is 4.41. The normalized spacial score (nSPS) is 13.1. The highest BCUT2D eigenvalue weighted by Crippen LogP contribution is 2.37. The van der Waals surface area contributed by atoms with Gasteiger partial charge in [-0.2, -0.15) is 0 Å². The highest BCUT2D eigenvalue weighted by atomic mass is 32.2. The topological polar surface area (TPSA) is 69.3 Å². The van der Waals surface area contributed by atoms with Gasteiger partial charge in [0.1, 0.15) is 4.83 Å². The third kappa shape index (κ3) is 3.32. The van der Waals surface area contributed by atoms with E-state index in [-0.39, 0.29) is 17.1 Å². The molecular formula is C25H20N4O2S2. The summed E-state index contributed by atoms with van der Waals surface area (Å²) in [5.41, 5.74) is 3.67. The molecule has 8 heteroatoms. The van der Waals surface area contributed by atoms with E-state index in [0.717, 1.165) is 46.3 Å². The molecule has 6 nitrogen and oxygen atoms in total. The van der Waals surface area contributed by atoms with Crippen LogP contribution in [0.4, 0.5) is 0 Å². The second-order valence-electron chi connectivity index (χ2n) is 8.21. The SMILES string of the molecule is Cc1ccc(-n2c(=O)c3c4c(sc3n3c(SCC(=O)c5ccccc5)nnc23)CCC4)cc1. The largest absolute Gasteiger partial charge is 0.293 e. The highest BCUT2D eigenvalue weighted by Gasteiger charge is 2.26. The van der Waals surface area contributed by atoms with Gasteiger partial charge in [-0.05, 0) is 43.9 Å². The van der Waals surface area contributed by atoms with Crippen LogP contribution in [0.1, 0.15) is 32.8 Å². The molecule has 3 aromatic heterocycles. The predicted molar refractivity (Wildman–Crippen MR) is 132 cm³/mol. The fourth-order valence-corrected chi connectivity index (χ4v) is 6.68. The first-order valence-electron chi connectivity index (χ1n) is 10.8. The predicted octanol–water partition coefficient (Wildman–Crippen LogP) is 4.87. The number of benzene rings is 2. The molecule has 5 aromatic rings. The molecule has 0 amide bonds. The Morgan fingerprint density at radius 3 is 2.64 bits per heavy atom. The molecule has 3 heterocycles. The Balaban J connectivity index is 1.53. The van der Waals surface area contributed by atoms with Crippen LogP contribution in [0.15, 0.2) is 64.5 Å². The van der Waals surface area contributed by atoms with Gasteiger partial charge in [-0.25, -0.2) is 8.97 Å². The maximum absolute atomic E-state index is 13.7. The maximum atomic E-state index is 13.7. The Morgan fingerprint density at radius 1 is 1.06 bits per heavy atom. The number of nitrogens with zero attached hydrogens (tertiary/aromatic N) is 4. The number of thioether (sulfide) groups is 1. The minimum absolute atomic E-state index is 0.0362. The summed E-state index contributed by atoms with van der Waals surface area (Å²) in [7, 11) is 0. The Morgan fingerprint density at radius 2 is 1.85 bits per heavy atom. The van der Waals surface area contributed by atoms with Crippen molar-refractivity contribution in [2.24, 2.45) is 0 Å². The number of Topliss-reactive ketones (excluding diaryl/α,β-unsaturated/α-hetero) is 1. The molecule has 33 heavy (non-hydrogen) atoms. The summed E-state index contributed by atoms with van der Waals surface area (Å²) in [6.07, 6.45) is 2.99. The van der Waals surface area contributed by atoms with Gasteiger partial charge in [-0.15, -0.1) is 21.5 Å². The van der Waals surface area contributed by atoms with Crippen molar-refractivity contribution < 1.29 is 4.79 Å². The first-order valence-corrected chi connectivity index (χ1v) is 12.6. The Bertz CT molecular complexity index is 1580. The lowest BCUT2D eigenvalue weighted by atomic mass is 10.2. The quantitative estimate of drug-likeness (QED) is 0.270. The summed E-state index contributed by atoms with van der Waals surface area (Å²) >= 11 is 3.02. The standard InChI is InChI=1S/C25H20N4O2S2/c1-15-10-12-17(13-11-15)28-22(31)21-18-8-5-9-20(18)33-23(21)29-24(28)26-27-25(29)32-14-19(30)16-6-3-2-4-7-16/h2-4,6-7,10-13H,5,8-9,14H2,1H3. The van der Waals surface area contributed by atoms with Crippen molar-refractivity contribution in [1.29, 1.82) is 0 Å². The summed E-state index contributed by atoms with van der Waals surface area (Å²) in [6, 6.07) is 17.1. The molecule has 1 aliphatic rings. The number of thiophene rings is 1. The monoisotopic (exact) mass is 472 g/mol. The molecule has 1 aliphatic carbocycles. The summed E-state index contributed by atoms with van der Waals surface area (Å²) in [5.74, 6) is 0.765. The minimum atomic E-state index is -0.0509. The number of aromatic nitrogens is 4. The van der Waals surface area contributed by atoms with Gasteiger partial charge >= 0.3 is 0 Å². The van der Waals surface area contributed by atoms with Crippen LogP contribution >= 0.6 is 23.1 Å². The van der Waals surface area contributed by atoms with E-state index < -0.39 is 0 Å². The molecule has 2 aromatic carbocycles. The van der Waals surface area contributed by atoms with Crippen molar-refractivity contribution in [3.05, 3.63) is 86.5 Å². The average molecular weight is 473 g/mol. The van der Waals surface area contributed by atoms with E-state index in [1.807, 2.05) is 65.9 Å². The lowest BCUT2D eigenvalue weighted by Crippen LogP contribution is -2.22. The summed E-state index contributed by atoms with van der Waals surface area (Å²) in [6.45, 7) is 2.02. The van der Waals surface area contributed by atoms with E-state index in [1.54, 1.807) is 15.9 Å². The van der Waals surface area contributed by atoms with Crippen LogP contribution in [-0.2, 0) is 12.8 Å².